The van der Waals surface area contributed by atoms with Gasteiger partial charge in [-0.15, -0.1) is 11.3 Å². The predicted octanol–water partition coefficient (Wildman–Crippen LogP) is 4.85. The van der Waals surface area contributed by atoms with Crippen LogP contribution >= 0.6 is 11.3 Å². The summed E-state index contributed by atoms with van der Waals surface area (Å²) >= 11 is 1.38. The molecule has 0 saturated carbocycles. The lowest BCUT2D eigenvalue weighted by molar-refractivity contribution is -0.135. The van der Waals surface area contributed by atoms with Gasteiger partial charge in [0.05, 0.1) is 5.57 Å². The molecule has 0 aliphatic rings. The van der Waals surface area contributed by atoms with Crippen LogP contribution in [0.3, 0.4) is 0 Å². The molecule has 1 heterocycles. The molecule has 0 amide bonds. The van der Waals surface area contributed by atoms with Crippen molar-refractivity contribution in [3.63, 3.8) is 0 Å². The summed E-state index contributed by atoms with van der Waals surface area (Å²) < 4.78 is 18.3. The largest absolute Gasteiger partial charge is 0.454 e. The van der Waals surface area contributed by atoms with Crippen molar-refractivity contribution in [2.24, 2.45) is 0 Å². The molecule has 5 heteroatoms. The second-order valence-electron chi connectivity index (χ2n) is 5.45. The molecule has 0 fully saturated rings. The molecule has 0 unspecified atom stereocenters. The monoisotopic (exact) mass is 366 g/mol. The zero-order valence-electron chi connectivity index (χ0n) is 13.7. The Morgan fingerprint density at radius 2 is 1.69 bits per heavy atom. The minimum Gasteiger partial charge on any atom is -0.454 e. The van der Waals surface area contributed by atoms with Crippen LogP contribution < -0.4 is 0 Å². The number of benzene rings is 2. The van der Waals surface area contributed by atoms with E-state index in [9.17, 15) is 14.0 Å². The van der Waals surface area contributed by atoms with E-state index in [2.05, 4.69) is 0 Å². The van der Waals surface area contributed by atoms with Crippen LogP contribution in [0, 0.1) is 5.82 Å². The normalized spacial score (nSPS) is 11.2. The molecule has 3 aromatic rings. The molecule has 0 aliphatic carbocycles. The third kappa shape index (κ3) is 4.52. The van der Waals surface area contributed by atoms with Crippen LogP contribution in [-0.2, 0) is 9.53 Å². The number of halogens is 1. The van der Waals surface area contributed by atoms with E-state index in [0.717, 1.165) is 0 Å². The van der Waals surface area contributed by atoms with Crippen molar-refractivity contribution < 1.29 is 18.7 Å². The van der Waals surface area contributed by atoms with Gasteiger partial charge in [-0.2, -0.15) is 0 Å². The van der Waals surface area contributed by atoms with Crippen LogP contribution in [0.5, 0.6) is 0 Å². The third-order valence-corrected chi connectivity index (χ3v) is 4.52. The van der Waals surface area contributed by atoms with Crippen molar-refractivity contribution >= 4 is 34.7 Å². The van der Waals surface area contributed by atoms with Gasteiger partial charge in [-0.25, -0.2) is 9.18 Å². The first-order valence-corrected chi connectivity index (χ1v) is 8.78. The van der Waals surface area contributed by atoms with E-state index < -0.39 is 5.97 Å². The van der Waals surface area contributed by atoms with Crippen molar-refractivity contribution in [1.29, 1.82) is 0 Å². The van der Waals surface area contributed by atoms with E-state index >= 15 is 0 Å². The molecule has 3 rings (SSSR count). The van der Waals surface area contributed by atoms with Crippen LogP contribution in [0.15, 0.2) is 72.1 Å². The molecule has 2 aromatic carbocycles. The van der Waals surface area contributed by atoms with Crippen LogP contribution in [0.2, 0.25) is 0 Å². The third-order valence-electron chi connectivity index (χ3n) is 3.62. The molecule has 0 radical (unpaired) electrons. The number of ether oxygens (including phenoxy) is 1. The highest BCUT2D eigenvalue weighted by molar-refractivity contribution is 7.11. The highest BCUT2D eigenvalue weighted by Crippen LogP contribution is 2.24. The quantitative estimate of drug-likeness (QED) is 0.356. The zero-order valence-corrected chi connectivity index (χ0v) is 14.5. The Bertz CT molecular complexity index is 914. The smallest absolute Gasteiger partial charge is 0.340 e. The minimum absolute atomic E-state index is 0.272. The fraction of sp³-hybridized carbons (Fsp3) is 0.0476. The topological polar surface area (TPSA) is 43.4 Å². The lowest BCUT2D eigenvalue weighted by Gasteiger charge is -2.07. The number of carbonyl (C=O) groups is 2. The summed E-state index contributed by atoms with van der Waals surface area (Å²) in [5.41, 5.74) is 1.48. The molecule has 0 bridgehead atoms. The Morgan fingerprint density at radius 3 is 2.35 bits per heavy atom. The van der Waals surface area contributed by atoms with E-state index in [-0.39, 0.29) is 18.2 Å². The summed E-state index contributed by atoms with van der Waals surface area (Å²) in [4.78, 5) is 25.4. The summed E-state index contributed by atoms with van der Waals surface area (Å²) in [5, 5.41) is 1.84. The van der Waals surface area contributed by atoms with Crippen LogP contribution in [0.4, 0.5) is 4.39 Å². The van der Waals surface area contributed by atoms with Gasteiger partial charge in [0, 0.05) is 10.4 Å². The lowest BCUT2D eigenvalue weighted by atomic mass is 10.1. The van der Waals surface area contributed by atoms with Gasteiger partial charge >= 0.3 is 5.97 Å². The van der Waals surface area contributed by atoms with Gasteiger partial charge in [0.2, 0.25) is 0 Å². The molecule has 3 nitrogen and oxygen atoms in total. The van der Waals surface area contributed by atoms with Gasteiger partial charge in [-0.3, -0.25) is 4.79 Å². The van der Waals surface area contributed by atoms with E-state index in [1.165, 1.54) is 23.5 Å². The zero-order chi connectivity index (χ0) is 18.4. The maximum Gasteiger partial charge on any atom is 0.340 e. The number of thiophene rings is 1. The average molecular weight is 366 g/mol. The predicted molar refractivity (Wildman–Crippen MR) is 100 cm³/mol. The van der Waals surface area contributed by atoms with Crippen LogP contribution in [0.25, 0.3) is 11.6 Å². The van der Waals surface area contributed by atoms with E-state index in [0.29, 0.717) is 21.6 Å². The first-order chi connectivity index (χ1) is 12.6. The molecule has 0 spiro atoms. The SMILES string of the molecule is O=C(OCC(=O)c1ccccc1)C(=Cc1ccc(F)cc1)c1cccs1. The highest BCUT2D eigenvalue weighted by atomic mass is 32.1. The first-order valence-electron chi connectivity index (χ1n) is 7.90. The summed E-state index contributed by atoms with van der Waals surface area (Å²) in [6.45, 7) is -0.338. The first kappa shape index (κ1) is 17.8. The van der Waals surface area contributed by atoms with E-state index in [1.54, 1.807) is 48.5 Å². The standard InChI is InChI=1S/C21H15FO3S/c22-17-10-8-15(9-11-17)13-18(20-7-4-12-26-20)21(24)25-14-19(23)16-5-2-1-3-6-16/h1-13H,14H2. The van der Waals surface area contributed by atoms with Crippen molar-refractivity contribution in [1.82, 2.24) is 0 Å². The van der Waals surface area contributed by atoms with E-state index in [4.69, 9.17) is 4.74 Å². The molecule has 0 saturated heterocycles. The second-order valence-corrected chi connectivity index (χ2v) is 6.40. The summed E-state index contributed by atoms with van der Waals surface area (Å²) in [6.07, 6.45) is 1.63. The van der Waals surface area contributed by atoms with Gasteiger partial charge in [0.25, 0.3) is 0 Å². The van der Waals surface area contributed by atoms with Crippen molar-refractivity contribution in [3.8, 4) is 0 Å². The fourth-order valence-corrected chi connectivity index (χ4v) is 3.03. The molecular weight excluding hydrogens is 351 g/mol. The van der Waals surface area contributed by atoms with Crippen molar-refractivity contribution in [2.75, 3.05) is 6.61 Å². The van der Waals surface area contributed by atoms with Crippen molar-refractivity contribution in [3.05, 3.63) is 93.9 Å². The van der Waals surface area contributed by atoms with Gasteiger partial charge < -0.3 is 4.74 Å². The average Bonchev–Trinajstić information content (AvgIpc) is 3.20. The lowest BCUT2D eigenvalue weighted by Crippen LogP contribution is -2.14. The number of hydrogen-bond donors (Lipinski definition) is 0. The maximum absolute atomic E-state index is 13.1. The Hall–Kier alpha value is -3.05. The minimum atomic E-state index is -0.596. The van der Waals surface area contributed by atoms with Gasteiger partial charge in [-0.05, 0) is 35.2 Å². The van der Waals surface area contributed by atoms with Crippen molar-refractivity contribution in [2.45, 2.75) is 0 Å². The Kier molecular flexibility index (Phi) is 5.71. The Labute approximate surface area is 154 Å². The number of Topliss-reactive ketones (excluding diaryl/α,β-unsaturated/α-hetero) is 1. The second kappa shape index (κ2) is 8.36. The summed E-state index contributed by atoms with van der Waals surface area (Å²) in [7, 11) is 0. The summed E-state index contributed by atoms with van der Waals surface area (Å²) in [5.74, 6) is -1.22. The molecule has 130 valence electrons. The fourth-order valence-electron chi connectivity index (χ4n) is 2.30. The van der Waals surface area contributed by atoms with Gasteiger partial charge in [0.1, 0.15) is 5.82 Å². The summed E-state index contributed by atoms with van der Waals surface area (Å²) in [6, 6.07) is 18.1. The number of ketones is 1. The molecule has 1 aromatic heterocycles. The molecule has 0 aliphatic heterocycles. The Balaban J connectivity index is 1.78. The molecule has 26 heavy (non-hydrogen) atoms. The van der Waals surface area contributed by atoms with E-state index in [1.807, 2.05) is 17.5 Å². The molecular formula is C21H15FO3S. The van der Waals surface area contributed by atoms with Gasteiger partial charge in [-0.1, -0.05) is 48.5 Å². The van der Waals surface area contributed by atoms with Crippen LogP contribution in [-0.4, -0.2) is 18.4 Å². The maximum atomic E-state index is 13.1. The highest BCUT2D eigenvalue weighted by Gasteiger charge is 2.17. The number of carbonyl (C=O) groups excluding carboxylic acids is 2. The molecule has 0 N–H and O–H groups in total. The number of esters is 1. The number of rotatable bonds is 6. The van der Waals surface area contributed by atoms with Gasteiger partial charge in [0.15, 0.2) is 12.4 Å². The molecule has 0 atom stereocenters. The number of hydrogen-bond acceptors (Lipinski definition) is 4. The van der Waals surface area contributed by atoms with Crippen LogP contribution in [0.1, 0.15) is 20.8 Å². The Morgan fingerprint density at radius 1 is 0.962 bits per heavy atom.